The molecule has 0 aromatic carbocycles. The number of nitrogens with two attached hydrogens (primary N) is 1. The molecule has 1 rings (SSSR count). The lowest BCUT2D eigenvalue weighted by atomic mass is 10.2. The largest absolute Gasteiger partial charge is 0.444 e. The van der Waals surface area contributed by atoms with E-state index in [1.807, 2.05) is 20.8 Å². The van der Waals surface area contributed by atoms with Crippen LogP contribution in [0.1, 0.15) is 27.2 Å². The third-order valence-electron chi connectivity index (χ3n) is 2.84. The van der Waals surface area contributed by atoms with Gasteiger partial charge in [-0.05, 0) is 20.8 Å². The van der Waals surface area contributed by atoms with Gasteiger partial charge in [0.2, 0.25) is 0 Å². The standard InChI is InChI=1S/C12H24N4O3/c1-12(2,3)19-11(17)16-8-6-15(7-9-16)5-4-10(13)14-18/h18H,4-9H2,1-3H3,(H2,13,14). The molecule has 0 aromatic heterocycles. The Morgan fingerprint density at radius 3 is 2.37 bits per heavy atom. The number of oxime groups is 1. The molecule has 1 fully saturated rings. The normalized spacial score (nSPS) is 18.5. The molecule has 1 amide bonds. The predicted octanol–water partition coefficient (Wildman–Crippen LogP) is 0.676. The first-order chi connectivity index (χ1) is 8.81. The topological polar surface area (TPSA) is 91.4 Å². The molecule has 0 bridgehead atoms. The van der Waals surface area contributed by atoms with Gasteiger partial charge < -0.3 is 20.6 Å². The van der Waals surface area contributed by atoms with E-state index in [4.69, 9.17) is 15.7 Å². The van der Waals surface area contributed by atoms with E-state index in [-0.39, 0.29) is 11.9 Å². The second-order valence-electron chi connectivity index (χ2n) is 5.65. The first kappa shape index (κ1) is 15.6. The molecule has 0 radical (unpaired) electrons. The maximum Gasteiger partial charge on any atom is 0.410 e. The van der Waals surface area contributed by atoms with Crippen molar-refractivity contribution in [2.75, 3.05) is 32.7 Å². The molecule has 3 N–H and O–H groups in total. The van der Waals surface area contributed by atoms with Crippen molar-refractivity contribution in [1.29, 1.82) is 0 Å². The smallest absolute Gasteiger partial charge is 0.410 e. The van der Waals surface area contributed by atoms with Gasteiger partial charge in [0, 0.05) is 39.1 Å². The summed E-state index contributed by atoms with van der Waals surface area (Å²) < 4.78 is 5.32. The Labute approximate surface area is 114 Å². The van der Waals surface area contributed by atoms with Crippen molar-refractivity contribution in [1.82, 2.24) is 9.80 Å². The summed E-state index contributed by atoms with van der Waals surface area (Å²) in [5, 5.41) is 11.4. The molecule has 1 aliphatic rings. The van der Waals surface area contributed by atoms with Gasteiger partial charge in [-0.2, -0.15) is 0 Å². The number of carbonyl (C=O) groups is 1. The van der Waals surface area contributed by atoms with Crippen molar-refractivity contribution in [2.24, 2.45) is 10.9 Å². The van der Waals surface area contributed by atoms with E-state index in [2.05, 4.69) is 10.1 Å². The Morgan fingerprint density at radius 2 is 1.89 bits per heavy atom. The van der Waals surface area contributed by atoms with Crippen molar-refractivity contribution in [3.05, 3.63) is 0 Å². The van der Waals surface area contributed by atoms with Crippen molar-refractivity contribution in [2.45, 2.75) is 32.8 Å². The number of nitrogens with zero attached hydrogens (tertiary/aromatic N) is 3. The molecule has 1 aliphatic heterocycles. The molecule has 0 saturated carbocycles. The van der Waals surface area contributed by atoms with Crippen LogP contribution in [0.4, 0.5) is 4.79 Å². The number of ether oxygens (including phenoxy) is 1. The van der Waals surface area contributed by atoms with Crippen LogP contribution in [0.2, 0.25) is 0 Å². The molecule has 0 atom stereocenters. The van der Waals surface area contributed by atoms with Crippen molar-refractivity contribution < 1.29 is 14.7 Å². The quantitative estimate of drug-likeness (QED) is 0.341. The second kappa shape index (κ2) is 6.60. The minimum absolute atomic E-state index is 0.231. The van der Waals surface area contributed by atoms with Crippen LogP contribution in [0, 0.1) is 0 Å². The Morgan fingerprint density at radius 1 is 1.32 bits per heavy atom. The van der Waals surface area contributed by atoms with E-state index in [0.29, 0.717) is 19.5 Å². The van der Waals surface area contributed by atoms with Crippen molar-refractivity contribution in [3.63, 3.8) is 0 Å². The number of hydrogen-bond donors (Lipinski definition) is 2. The fourth-order valence-electron chi connectivity index (χ4n) is 1.80. The average molecular weight is 272 g/mol. The van der Waals surface area contributed by atoms with Crippen LogP contribution in [0.3, 0.4) is 0 Å². The van der Waals surface area contributed by atoms with Crippen molar-refractivity contribution >= 4 is 11.9 Å². The highest BCUT2D eigenvalue weighted by Crippen LogP contribution is 2.11. The first-order valence-corrected chi connectivity index (χ1v) is 6.48. The fourth-order valence-corrected chi connectivity index (χ4v) is 1.80. The number of rotatable bonds is 3. The highest BCUT2D eigenvalue weighted by molar-refractivity contribution is 5.79. The van der Waals surface area contributed by atoms with E-state index in [0.717, 1.165) is 19.6 Å². The Kier molecular flexibility index (Phi) is 5.41. The fraction of sp³-hybridized carbons (Fsp3) is 0.833. The Hall–Kier alpha value is -1.50. The zero-order chi connectivity index (χ0) is 14.5. The van der Waals surface area contributed by atoms with Gasteiger partial charge in [0.25, 0.3) is 0 Å². The lowest BCUT2D eigenvalue weighted by Crippen LogP contribution is -2.50. The molecule has 7 heteroatoms. The minimum atomic E-state index is -0.458. The molecular weight excluding hydrogens is 248 g/mol. The van der Waals surface area contributed by atoms with Gasteiger partial charge in [0.1, 0.15) is 11.4 Å². The maximum atomic E-state index is 11.8. The summed E-state index contributed by atoms with van der Waals surface area (Å²) in [6, 6.07) is 0. The zero-order valence-corrected chi connectivity index (χ0v) is 11.9. The lowest BCUT2D eigenvalue weighted by molar-refractivity contribution is 0.0147. The third kappa shape index (κ3) is 5.78. The van der Waals surface area contributed by atoms with E-state index < -0.39 is 5.60 Å². The molecule has 1 heterocycles. The van der Waals surface area contributed by atoms with Crippen LogP contribution in [0.5, 0.6) is 0 Å². The van der Waals surface area contributed by atoms with Gasteiger partial charge >= 0.3 is 6.09 Å². The first-order valence-electron chi connectivity index (χ1n) is 6.48. The average Bonchev–Trinajstić information content (AvgIpc) is 2.34. The van der Waals surface area contributed by atoms with Crippen molar-refractivity contribution in [3.8, 4) is 0 Å². The Balaban J connectivity index is 2.31. The summed E-state index contributed by atoms with van der Waals surface area (Å²) in [5.74, 6) is 0.231. The van der Waals surface area contributed by atoms with Gasteiger partial charge in [-0.25, -0.2) is 4.79 Å². The molecule has 19 heavy (non-hydrogen) atoms. The molecular formula is C12H24N4O3. The number of carbonyl (C=O) groups excluding carboxylic acids is 1. The van der Waals surface area contributed by atoms with Crippen LogP contribution in [0.15, 0.2) is 5.16 Å². The highest BCUT2D eigenvalue weighted by Gasteiger charge is 2.25. The summed E-state index contributed by atoms with van der Waals surface area (Å²) in [5.41, 5.74) is 4.97. The number of piperazine rings is 1. The third-order valence-corrected chi connectivity index (χ3v) is 2.84. The number of amides is 1. The molecule has 0 aromatic rings. The number of amidine groups is 1. The molecule has 110 valence electrons. The molecule has 0 aliphatic carbocycles. The van der Waals surface area contributed by atoms with E-state index in [9.17, 15) is 4.79 Å². The monoisotopic (exact) mass is 272 g/mol. The van der Waals surface area contributed by atoms with E-state index >= 15 is 0 Å². The summed E-state index contributed by atoms with van der Waals surface area (Å²) in [4.78, 5) is 15.7. The van der Waals surface area contributed by atoms with Crippen LogP contribution in [0.25, 0.3) is 0 Å². The summed E-state index contributed by atoms with van der Waals surface area (Å²) in [6.07, 6.45) is 0.270. The predicted molar refractivity (Wildman–Crippen MR) is 72.3 cm³/mol. The van der Waals surface area contributed by atoms with E-state index in [1.54, 1.807) is 4.90 Å². The van der Waals surface area contributed by atoms with Crippen LogP contribution in [-0.4, -0.2) is 65.3 Å². The summed E-state index contributed by atoms with van der Waals surface area (Å²) >= 11 is 0. The molecule has 1 saturated heterocycles. The van der Waals surface area contributed by atoms with Crippen LogP contribution in [-0.2, 0) is 4.74 Å². The zero-order valence-electron chi connectivity index (χ0n) is 11.9. The van der Waals surface area contributed by atoms with E-state index in [1.165, 1.54) is 0 Å². The van der Waals surface area contributed by atoms with Gasteiger partial charge in [0.15, 0.2) is 0 Å². The second-order valence-corrected chi connectivity index (χ2v) is 5.65. The summed E-state index contributed by atoms with van der Waals surface area (Å²) in [7, 11) is 0. The van der Waals surface area contributed by atoms with Gasteiger partial charge in [-0.3, -0.25) is 4.90 Å². The van der Waals surface area contributed by atoms with Crippen LogP contribution < -0.4 is 5.73 Å². The highest BCUT2D eigenvalue weighted by atomic mass is 16.6. The maximum absolute atomic E-state index is 11.8. The number of hydrogen-bond acceptors (Lipinski definition) is 5. The van der Waals surface area contributed by atoms with Gasteiger partial charge in [-0.15, -0.1) is 0 Å². The van der Waals surface area contributed by atoms with Gasteiger partial charge in [0.05, 0.1) is 0 Å². The van der Waals surface area contributed by atoms with Gasteiger partial charge in [-0.1, -0.05) is 5.16 Å². The Bertz CT molecular complexity index is 330. The minimum Gasteiger partial charge on any atom is -0.444 e. The molecule has 0 spiro atoms. The summed E-state index contributed by atoms with van der Waals surface area (Å²) in [6.45, 7) is 9.15. The van der Waals surface area contributed by atoms with Crippen LogP contribution >= 0.6 is 0 Å². The molecule has 7 nitrogen and oxygen atoms in total. The lowest BCUT2D eigenvalue weighted by Gasteiger charge is -2.35. The molecule has 0 unspecified atom stereocenters. The SMILES string of the molecule is CC(C)(C)OC(=O)N1CCN(CCC(N)=NO)CC1.